The van der Waals surface area contributed by atoms with Gasteiger partial charge in [0.05, 0.1) is 12.1 Å². The molecule has 1 aliphatic rings. The fraction of sp³-hybridized carbons (Fsp3) is 0.562. The largest absolute Gasteiger partial charge is 0.416 e. The number of alkyl halides is 3. The summed E-state index contributed by atoms with van der Waals surface area (Å²) >= 11 is 0. The van der Waals surface area contributed by atoms with Crippen molar-refractivity contribution < 1.29 is 18.0 Å². The van der Waals surface area contributed by atoms with Gasteiger partial charge in [0, 0.05) is 6.54 Å². The van der Waals surface area contributed by atoms with E-state index in [1.807, 2.05) is 4.90 Å². The fourth-order valence-electron chi connectivity index (χ4n) is 3.13. The maximum Gasteiger partial charge on any atom is 0.416 e. The van der Waals surface area contributed by atoms with E-state index < -0.39 is 11.7 Å². The van der Waals surface area contributed by atoms with Crippen LogP contribution in [0.4, 0.5) is 13.2 Å². The highest BCUT2D eigenvalue weighted by Crippen LogP contribution is 2.33. The molecule has 1 aromatic rings. The first-order valence-corrected chi connectivity index (χ1v) is 7.52. The number of aryl methyl sites for hydroxylation is 1. The second-order valence-electron chi connectivity index (χ2n) is 5.90. The molecule has 0 aromatic heterocycles. The van der Waals surface area contributed by atoms with Crippen LogP contribution in [-0.4, -0.2) is 30.4 Å². The van der Waals surface area contributed by atoms with Gasteiger partial charge in [-0.3, -0.25) is 9.69 Å². The number of carbonyl (C=O) groups is 1. The summed E-state index contributed by atoms with van der Waals surface area (Å²) < 4.78 is 38.9. The van der Waals surface area contributed by atoms with E-state index in [4.69, 9.17) is 5.73 Å². The third-order valence-corrected chi connectivity index (χ3v) is 4.13. The number of rotatable bonds is 5. The van der Waals surface area contributed by atoms with Crippen molar-refractivity contribution in [2.45, 2.75) is 31.9 Å². The molecule has 1 atom stereocenters. The van der Waals surface area contributed by atoms with E-state index in [-0.39, 0.29) is 12.5 Å². The lowest BCUT2D eigenvalue weighted by Gasteiger charge is -2.32. The molecular weight excluding hydrogens is 293 g/mol. The molecule has 1 fully saturated rings. The van der Waals surface area contributed by atoms with Crippen LogP contribution in [0.25, 0.3) is 0 Å². The Morgan fingerprint density at radius 3 is 2.73 bits per heavy atom. The number of benzene rings is 1. The molecule has 3 nitrogen and oxygen atoms in total. The standard InChI is InChI=1S/C16H21F3N2O/c17-16(18,19)14-6-2-1-5-13(14)8-7-12-4-3-9-21(10-12)11-15(20)22/h1-2,5-6,12H,3-4,7-11H2,(H2,20,22)/t12-/m1/s1. The highest BCUT2D eigenvalue weighted by molar-refractivity contribution is 5.75. The molecule has 6 heteroatoms. The Morgan fingerprint density at radius 1 is 1.32 bits per heavy atom. The van der Waals surface area contributed by atoms with Crippen LogP contribution in [-0.2, 0) is 17.4 Å². The summed E-state index contributed by atoms with van der Waals surface area (Å²) in [5.41, 5.74) is 5.00. The van der Waals surface area contributed by atoms with Crippen LogP contribution in [0.3, 0.4) is 0 Å². The first kappa shape index (κ1) is 16.8. The van der Waals surface area contributed by atoms with Gasteiger partial charge in [0.25, 0.3) is 0 Å². The van der Waals surface area contributed by atoms with E-state index in [2.05, 4.69) is 0 Å². The molecule has 0 bridgehead atoms. The van der Waals surface area contributed by atoms with Gasteiger partial charge in [-0.05, 0) is 49.8 Å². The Morgan fingerprint density at radius 2 is 2.05 bits per heavy atom. The first-order valence-electron chi connectivity index (χ1n) is 7.52. The summed E-state index contributed by atoms with van der Waals surface area (Å²) in [6.07, 6.45) is -1.25. The summed E-state index contributed by atoms with van der Waals surface area (Å²) in [6.45, 7) is 1.80. The van der Waals surface area contributed by atoms with Crippen molar-refractivity contribution in [3.05, 3.63) is 35.4 Å². The third-order valence-electron chi connectivity index (χ3n) is 4.13. The summed E-state index contributed by atoms with van der Waals surface area (Å²) in [4.78, 5) is 13.0. The van der Waals surface area contributed by atoms with E-state index in [9.17, 15) is 18.0 Å². The highest BCUT2D eigenvalue weighted by atomic mass is 19.4. The number of halogens is 3. The lowest BCUT2D eigenvalue weighted by Crippen LogP contribution is -2.40. The van der Waals surface area contributed by atoms with Crippen molar-refractivity contribution >= 4 is 5.91 Å². The number of nitrogens with two attached hydrogens (primary N) is 1. The molecule has 1 aliphatic heterocycles. The molecule has 0 radical (unpaired) electrons. The fourth-order valence-corrected chi connectivity index (χ4v) is 3.13. The second-order valence-corrected chi connectivity index (χ2v) is 5.90. The van der Waals surface area contributed by atoms with Gasteiger partial charge in [0.2, 0.25) is 5.91 Å². The van der Waals surface area contributed by atoms with Crippen LogP contribution < -0.4 is 5.73 Å². The van der Waals surface area contributed by atoms with Crippen molar-refractivity contribution in [2.75, 3.05) is 19.6 Å². The predicted molar refractivity (Wildman–Crippen MR) is 78.1 cm³/mol. The smallest absolute Gasteiger partial charge is 0.369 e. The SMILES string of the molecule is NC(=O)CN1CCC[C@H](CCc2ccccc2C(F)(F)F)C1. The lowest BCUT2D eigenvalue weighted by molar-refractivity contribution is -0.138. The Kier molecular flexibility index (Phi) is 5.45. The van der Waals surface area contributed by atoms with E-state index >= 15 is 0 Å². The van der Waals surface area contributed by atoms with Gasteiger partial charge < -0.3 is 5.73 Å². The third kappa shape index (κ3) is 4.73. The minimum atomic E-state index is -4.30. The Hall–Kier alpha value is -1.56. The molecule has 122 valence electrons. The minimum Gasteiger partial charge on any atom is -0.369 e. The zero-order valence-corrected chi connectivity index (χ0v) is 12.4. The molecule has 22 heavy (non-hydrogen) atoms. The van der Waals surface area contributed by atoms with Crippen molar-refractivity contribution in [3.63, 3.8) is 0 Å². The molecule has 1 saturated heterocycles. The molecule has 0 spiro atoms. The molecule has 1 aromatic carbocycles. The Bertz CT molecular complexity index is 516. The van der Waals surface area contributed by atoms with Gasteiger partial charge in [-0.25, -0.2) is 0 Å². The number of likely N-dealkylation sites (tertiary alicyclic amines) is 1. The highest BCUT2D eigenvalue weighted by Gasteiger charge is 2.33. The summed E-state index contributed by atoms with van der Waals surface area (Å²) in [5.74, 6) is -0.0440. The summed E-state index contributed by atoms with van der Waals surface area (Å²) in [5, 5.41) is 0. The predicted octanol–water partition coefficient (Wildman–Crippen LogP) is 2.84. The van der Waals surface area contributed by atoms with E-state index in [1.165, 1.54) is 6.07 Å². The van der Waals surface area contributed by atoms with Crippen LogP contribution in [0, 0.1) is 5.92 Å². The van der Waals surface area contributed by atoms with Gasteiger partial charge in [0.1, 0.15) is 0 Å². The zero-order chi connectivity index (χ0) is 16.2. The lowest BCUT2D eigenvalue weighted by atomic mass is 9.90. The normalized spacial score (nSPS) is 20.0. The summed E-state index contributed by atoms with van der Waals surface area (Å²) in [6, 6.07) is 5.74. The van der Waals surface area contributed by atoms with Gasteiger partial charge in [-0.15, -0.1) is 0 Å². The summed E-state index contributed by atoms with van der Waals surface area (Å²) in [7, 11) is 0. The quantitative estimate of drug-likeness (QED) is 0.908. The molecule has 1 amide bonds. The van der Waals surface area contributed by atoms with E-state index in [0.29, 0.717) is 24.3 Å². The minimum absolute atomic E-state index is 0.232. The zero-order valence-electron chi connectivity index (χ0n) is 12.4. The second kappa shape index (κ2) is 7.13. The van der Waals surface area contributed by atoms with Gasteiger partial charge >= 0.3 is 6.18 Å². The van der Waals surface area contributed by atoms with E-state index in [0.717, 1.165) is 32.0 Å². The monoisotopic (exact) mass is 314 g/mol. The number of nitrogens with zero attached hydrogens (tertiary/aromatic N) is 1. The van der Waals surface area contributed by atoms with Crippen molar-refractivity contribution in [3.8, 4) is 0 Å². The van der Waals surface area contributed by atoms with Crippen LogP contribution >= 0.6 is 0 Å². The number of piperidine rings is 1. The molecular formula is C16H21F3N2O. The van der Waals surface area contributed by atoms with Crippen LogP contribution in [0.1, 0.15) is 30.4 Å². The molecule has 2 N–H and O–H groups in total. The molecule has 0 unspecified atom stereocenters. The average molecular weight is 314 g/mol. The van der Waals surface area contributed by atoms with Crippen LogP contribution in [0.2, 0.25) is 0 Å². The first-order chi connectivity index (χ1) is 10.4. The number of hydrogen-bond donors (Lipinski definition) is 1. The maximum atomic E-state index is 13.0. The molecule has 2 rings (SSSR count). The maximum absolute atomic E-state index is 13.0. The Balaban J connectivity index is 1.94. The topological polar surface area (TPSA) is 46.3 Å². The average Bonchev–Trinajstić information content (AvgIpc) is 2.44. The van der Waals surface area contributed by atoms with Gasteiger partial charge in [-0.1, -0.05) is 18.2 Å². The van der Waals surface area contributed by atoms with Gasteiger partial charge in [0.15, 0.2) is 0 Å². The van der Waals surface area contributed by atoms with Gasteiger partial charge in [-0.2, -0.15) is 13.2 Å². The number of hydrogen-bond acceptors (Lipinski definition) is 2. The van der Waals surface area contributed by atoms with Crippen molar-refractivity contribution in [1.29, 1.82) is 0 Å². The van der Waals surface area contributed by atoms with Crippen molar-refractivity contribution in [2.24, 2.45) is 11.7 Å². The number of amides is 1. The number of carbonyl (C=O) groups excluding carboxylic acids is 1. The van der Waals surface area contributed by atoms with Crippen LogP contribution in [0.15, 0.2) is 24.3 Å². The number of primary amides is 1. The molecule has 0 aliphatic carbocycles. The Labute approximate surface area is 128 Å². The van der Waals surface area contributed by atoms with Crippen molar-refractivity contribution in [1.82, 2.24) is 4.90 Å². The van der Waals surface area contributed by atoms with E-state index in [1.54, 1.807) is 12.1 Å². The molecule has 1 heterocycles. The van der Waals surface area contributed by atoms with Crippen LogP contribution in [0.5, 0.6) is 0 Å². The molecule has 0 saturated carbocycles.